The smallest absolute Gasteiger partial charge is 0.186 e. The summed E-state index contributed by atoms with van der Waals surface area (Å²) in [4.78, 5) is 22.0. The highest BCUT2D eigenvalue weighted by Gasteiger charge is 2.30. The normalized spacial score (nSPS) is 17.9. The van der Waals surface area contributed by atoms with Crippen molar-refractivity contribution in [2.24, 2.45) is 0 Å². The number of aryl methyl sites for hydroxylation is 1. The van der Waals surface area contributed by atoms with Gasteiger partial charge in [-0.05, 0) is 25.8 Å². The molecule has 0 amide bonds. The van der Waals surface area contributed by atoms with Gasteiger partial charge in [-0.25, -0.2) is 19.3 Å². The Morgan fingerprint density at radius 2 is 1.85 bits per heavy atom. The van der Waals surface area contributed by atoms with Gasteiger partial charge in [0.1, 0.15) is 11.3 Å². The summed E-state index contributed by atoms with van der Waals surface area (Å²) in [7, 11) is 0. The predicted octanol–water partition coefficient (Wildman–Crippen LogP) is 3.13. The number of hydrogen-bond donors (Lipinski definition) is 0. The quantitative estimate of drug-likeness (QED) is 0.706. The molecule has 1 saturated carbocycles. The zero-order valence-corrected chi connectivity index (χ0v) is 15.3. The molecule has 1 aliphatic heterocycles. The predicted molar refractivity (Wildman–Crippen MR) is 101 cm³/mol. The first kappa shape index (κ1) is 15.9. The van der Waals surface area contributed by atoms with Crippen LogP contribution in [-0.4, -0.2) is 46.1 Å². The second-order valence-electron chi connectivity index (χ2n) is 6.89. The molecule has 3 aromatic rings. The molecule has 0 bridgehead atoms. The van der Waals surface area contributed by atoms with E-state index in [4.69, 9.17) is 0 Å². The van der Waals surface area contributed by atoms with Crippen molar-refractivity contribution >= 4 is 32.5 Å². The van der Waals surface area contributed by atoms with Crippen molar-refractivity contribution in [3.63, 3.8) is 0 Å². The van der Waals surface area contributed by atoms with Crippen molar-refractivity contribution in [2.45, 2.75) is 25.7 Å². The van der Waals surface area contributed by atoms with E-state index in [1.807, 2.05) is 11.0 Å². The highest BCUT2D eigenvalue weighted by atomic mass is 32.1. The van der Waals surface area contributed by atoms with E-state index in [0.29, 0.717) is 17.4 Å². The molecule has 4 heterocycles. The van der Waals surface area contributed by atoms with Crippen LogP contribution in [0.4, 0.5) is 15.3 Å². The molecule has 6 nitrogen and oxygen atoms in total. The Balaban J connectivity index is 1.35. The zero-order valence-electron chi connectivity index (χ0n) is 14.5. The third kappa shape index (κ3) is 2.78. The van der Waals surface area contributed by atoms with Gasteiger partial charge in [0.25, 0.3) is 0 Å². The molecule has 0 spiro atoms. The summed E-state index contributed by atoms with van der Waals surface area (Å²) in [6, 6.07) is 1.99. The number of halogens is 1. The van der Waals surface area contributed by atoms with Gasteiger partial charge < -0.3 is 9.80 Å². The summed E-state index contributed by atoms with van der Waals surface area (Å²) in [6.45, 7) is 4.79. The number of nitrogens with zero attached hydrogens (tertiary/aromatic N) is 6. The van der Waals surface area contributed by atoms with Gasteiger partial charge in [0.2, 0.25) is 0 Å². The molecule has 0 aromatic carbocycles. The van der Waals surface area contributed by atoms with Gasteiger partial charge in [-0.1, -0.05) is 11.3 Å². The largest absolute Gasteiger partial charge is 0.351 e. The van der Waals surface area contributed by atoms with Crippen LogP contribution in [0.2, 0.25) is 0 Å². The first-order valence-corrected chi connectivity index (χ1v) is 9.75. The Kier molecular flexibility index (Phi) is 3.74. The van der Waals surface area contributed by atoms with Crippen molar-refractivity contribution in [1.82, 2.24) is 19.9 Å². The van der Waals surface area contributed by atoms with Gasteiger partial charge in [0.15, 0.2) is 16.8 Å². The van der Waals surface area contributed by atoms with Crippen LogP contribution < -0.4 is 9.80 Å². The number of piperazine rings is 1. The van der Waals surface area contributed by atoms with E-state index >= 15 is 0 Å². The van der Waals surface area contributed by atoms with Crippen LogP contribution >= 0.6 is 11.3 Å². The molecule has 134 valence electrons. The molecule has 1 saturated heterocycles. The van der Waals surface area contributed by atoms with Crippen LogP contribution in [0.3, 0.4) is 0 Å². The number of rotatable bonds is 3. The van der Waals surface area contributed by atoms with Gasteiger partial charge in [-0.2, -0.15) is 0 Å². The molecule has 0 N–H and O–H groups in total. The molecule has 0 radical (unpaired) electrons. The van der Waals surface area contributed by atoms with Crippen LogP contribution in [0.15, 0.2) is 18.5 Å². The molecule has 1 aliphatic carbocycles. The minimum absolute atomic E-state index is 0.283. The van der Waals surface area contributed by atoms with E-state index in [-0.39, 0.29) is 5.82 Å². The van der Waals surface area contributed by atoms with Crippen molar-refractivity contribution < 1.29 is 4.39 Å². The molecule has 8 heteroatoms. The lowest BCUT2D eigenvalue weighted by Crippen LogP contribution is -2.47. The lowest BCUT2D eigenvalue weighted by atomic mass is 10.3. The third-order valence-electron chi connectivity index (χ3n) is 4.99. The van der Waals surface area contributed by atoms with Crippen LogP contribution in [0.5, 0.6) is 0 Å². The number of anilines is 2. The molecular weight excluding hydrogens is 351 g/mol. The fourth-order valence-corrected chi connectivity index (χ4v) is 4.30. The highest BCUT2D eigenvalue weighted by Crippen LogP contribution is 2.39. The molecule has 0 unspecified atom stereocenters. The molecule has 2 fully saturated rings. The maximum Gasteiger partial charge on any atom is 0.186 e. The van der Waals surface area contributed by atoms with Crippen LogP contribution in [0.25, 0.3) is 10.2 Å². The van der Waals surface area contributed by atoms with Gasteiger partial charge in [0, 0.05) is 38.3 Å². The number of hydrogen-bond acceptors (Lipinski definition) is 7. The van der Waals surface area contributed by atoms with Crippen molar-refractivity contribution in [2.75, 3.05) is 36.0 Å². The lowest BCUT2D eigenvalue weighted by Gasteiger charge is -2.35. The molecule has 0 atom stereocenters. The summed E-state index contributed by atoms with van der Waals surface area (Å²) in [5, 5.41) is 1.01. The maximum atomic E-state index is 14.6. The highest BCUT2D eigenvalue weighted by molar-refractivity contribution is 7.22. The minimum atomic E-state index is -0.283. The first-order chi connectivity index (χ1) is 12.7. The minimum Gasteiger partial charge on any atom is -0.351 e. The summed E-state index contributed by atoms with van der Waals surface area (Å²) in [5.74, 6) is 1.41. The van der Waals surface area contributed by atoms with E-state index in [1.165, 1.54) is 0 Å². The number of pyridine rings is 1. The maximum absolute atomic E-state index is 14.6. The third-order valence-corrected chi connectivity index (χ3v) is 6.08. The number of thiazole rings is 1. The van der Waals surface area contributed by atoms with Crippen LogP contribution in [0.1, 0.15) is 30.3 Å². The fourth-order valence-electron chi connectivity index (χ4n) is 3.31. The second-order valence-corrected chi connectivity index (χ2v) is 7.90. The first-order valence-electron chi connectivity index (χ1n) is 8.93. The average molecular weight is 370 g/mol. The molecular formula is C18H19FN6S. The Morgan fingerprint density at radius 1 is 1.08 bits per heavy atom. The molecule has 5 rings (SSSR count). The Labute approximate surface area is 154 Å². The standard InChI is InChI=1S/C18H19FN6S/c1-11-15(19)17(23-16(21-11)12-2-3-12)24-6-8-25(9-7-24)18-22-13-10-20-5-4-14(13)26-18/h4-5,10,12H,2-3,6-9H2,1H3. The van der Waals surface area contributed by atoms with E-state index < -0.39 is 0 Å². The second kappa shape index (κ2) is 6.12. The molecule has 26 heavy (non-hydrogen) atoms. The summed E-state index contributed by atoms with van der Waals surface area (Å²) in [5.41, 5.74) is 1.39. The van der Waals surface area contributed by atoms with E-state index in [2.05, 4.69) is 24.8 Å². The summed E-state index contributed by atoms with van der Waals surface area (Å²) >= 11 is 1.68. The Bertz CT molecular complexity index is 928. The van der Waals surface area contributed by atoms with Gasteiger partial charge in [0.05, 0.1) is 16.6 Å². The van der Waals surface area contributed by atoms with E-state index in [1.54, 1.807) is 30.7 Å². The molecule has 3 aromatic heterocycles. The summed E-state index contributed by atoms with van der Waals surface area (Å²) < 4.78 is 15.8. The SMILES string of the molecule is Cc1nc(C2CC2)nc(N2CCN(c3nc4cnccc4s3)CC2)c1F. The summed E-state index contributed by atoms with van der Waals surface area (Å²) in [6.07, 6.45) is 5.82. The molecule has 2 aliphatic rings. The topological polar surface area (TPSA) is 58.0 Å². The lowest BCUT2D eigenvalue weighted by molar-refractivity contribution is 0.569. The van der Waals surface area contributed by atoms with E-state index in [0.717, 1.165) is 60.2 Å². The fraction of sp³-hybridized carbons (Fsp3) is 0.444. The Hall–Kier alpha value is -2.35. The van der Waals surface area contributed by atoms with Crippen molar-refractivity contribution in [3.8, 4) is 0 Å². The van der Waals surface area contributed by atoms with Gasteiger partial charge in [-0.3, -0.25) is 4.98 Å². The van der Waals surface area contributed by atoms with Gasteiger partial charge >= 0.3 is 0 Å². The van der Waals surface area contributed by atoms with Crippen LogP contribution in [-0.2, 0) is 0 Å². The number of aromatic nitrogens is 4. The monoisotopic (exact) mass is 370 g/mol. The number of fused-ring (bicyclic) bond motifs is 1. The van der Waals surface area contributed by atoms with Crippen molar-refractivity contribution in [3.05, 3.63) is 35.8 Å². The Morgan fingerprint density at radius 3 is 2.58 bits per heavy atom. The van der Waals surface area contributed by atoms with Crippen molar-refractivity contribution in [1.29, 1.82) is 0 Å². The van der Waals surface area contributed by atoms with Gasteiger partial charge in [-0.15, -0.1) is 0 Å². The average Bonchev–Trinajstić information content (AvgIpc) is 3.42. The zero-order chi connectivity index (χ0) is 17.7. The van der Waals surface area contributed by atoms with E-state index in [9.17, 15) is 4.39 Å². The van der Waals surface area contributed by atoms with Crippen LogP contribution in [0, 0.1) is 12.7 Å².